The van der Waals surface area contributed by atoms with E-state index < -0.39 is 5.01 Å². The molecule has 0 aromatic heterocycles. The standard InChI is InChI=1S/C18H13BrO2/c19-18(17(20)14-7-2-1-3-8-14)21-16-11-10-13-6-4-5-9-15(13)12-16/h1-12,18H. The summed E-state index contributed by atoms with van der Waals surface area (Å²) in [5.41, 5.74) is 0.625. The van der Waals surface area contributed by atoms with E-state index in [0.29, 0.717) is 11.3 Å². The molecule has 0 saturated heterocycles. The Hall–Kier alpha value is -2.13. The van der Waals surface area contributed by atoms with Gasteiger partial charge < -0.3 is 4.74 Å². The highest BCUT2D eigenvalue weighted by molar-refractivity contribution is 9.09. The van der Waals surface area contributed by atoms with E-state index in [2.05, 4.69) is 15.9 Å². The second kappa shape index (κ2) is 6.10. The molecular weight excluding hydrogens is 328 g/mol. The molecule has 0 N–H and O–H groups in total. The van der Waals surface area contributed by atoms with Gasteiger partial charge in [-0.25, -0.2) is 0 Å². The van der Waals surface area contributed by atoms with Gasteiger partial charge in [0.25, 0.3) is 0 Å². The van der Waals surface area contributed by atoms with Gasteiger partial charge in [0.1, 0.15) is 5.75 Å². The van der Waals surface area contributed by atoms with E-state index in [0.717, 1.165) is 10.8 Å². The van der Waals surface area contributed by atoms with Crippen LogP contribution in [0.2, 0.25) is 0 Å². The lowest BCUT2D eigenvalue weighted by Crippen LogP contribution is -2.20. The molecule has 0 spiro atoms. The first-order valence-electron chi connectivity index (χ1n) is 6.63. The van der Waals surface area contributed by atoms with Crippen molar-refractivity contribution in [3.63, 3.8) is 0 Å². The minimum absolute atomic E-state index is 0.0937. The van der Waals surface area contributed by atoms with E-state index in [1.165, 1.54) is 0 Å². The average Bonchev–Trinajstić information content (AvgIpc) is 2.55. The zero-order chi connectivity index (χ0) is 14.7. The van der Waals surface area contributed by atoms with Crippen LogP contribution in [0, 0.1) is 0 Å². The summed E-state index contributed by atoms with van der Waals surface area (Å²) < 4.78 is 5.71. The molecule has 0 aliphatic heterocycles. The Bertz CT molecular complexity index is 768. The molecule has 1 unspecified atom stereocenters. The number of fused-ring (bicyclic) bond motifs is 1. The fourth-order valence-electron chi connectivity index (χ4n) is 2.15. The van der Waals surface area contributed by atoms with Crippen molar-refractivity contribution in [2.45, 2.75) is 5.01 Å². The van der Waals surface area contributed by atoms with E-state index in [1.807, 2.05) is 60.7 Å². The van der Waals surface area contributed by atoms with Crippen molar-refractivity contribution in [1.29, 1.82) is 0 Å². The fraction of sp³-hybridized carbons (Fsp3) is 0.0556. The van der Waals surface area contributed by atoms with Gasteiger partial charge in [-0.1, -0.05) is 60.7 Å². The second-order valence-electron chi connectivity index (χ2n) is 4.67. The molecule has 0 fully saturated rings. The molecule has 0 radical (unpaired) electrons. The normalized spacial score (nSPS) is 12.0. The number of halogens is 1. The van der Waals surface area contributed by atoms with Gasteiger partial charge in [-0.05, 0) is 38.8 Å². The Morgan fingerprint density at radius 3 is 2.29 bits per heavy atom. The molecule has 0 amide bonds. The van der Waals surface area contributed by atoms with Gasteiger partial charge in [-0.15, -0.1) is 0 Å². The highest BCUT2D eigenvalue weighted by atomic mass is 79.9. The molecule has 2 nitrogen and oxygen atoms in total. The Labute approximate surface area is 131 Å². The third-order valence-corrected chi connectivity index (χ3v) is 3.83. The lowest BCUT2D eigenvalue weighted by atomic mass is 10.1. The number of hydrogen-bond donors (Lipinski definition) is 0. The van der Waals surface area contributed by atoms with Crippen molar-refractivity contribution >= 4 is 32.5 Å². The SMILES string of the molecule is O=C(c1ccccc1)C(Br)Oc1ccc2ccccc2c1. The third-order valence-electron chi connectivity index (χ3n) is 3.22. The van der Waals surface area contributed by atoms with E-state index >= 15 is 0 Å². The molecule has 3 heteroatoms. The van der Waals surface area contributed by atoms with Crippen LogP contribution in [0.15, 0.2) is 72.8 Å². The number of carbonyl (C=O) groups is 1. The molecule has 3 aromatic carbocycles. The van der Waals surface area contributed by atoms with Crippen LogP contribution in [-0.4, -0.2) is 10.8 Å². The number of ketones is 1. The predicted octanol–water partition coefficient (Wildman–Crippen LogP) is 4.82. The molecule has 0 saturated carbocycles. The number of benzene rings is 3. The molecule has 21 heavy (non-hydrogen) atoms. The Morgan fingerprint density at radius 1 is 0.857 bits per heavy atom. The van der Waals surface area contributed by atoms with Gasteiger partial charge in [0.15, 0.2) is 0 Å². The molecule has 104 valence electrons. The van der Waals surface area contributed by atoms with Crippen LogP contribution in [0.5, 0.6) is 5.75 Å². The first-order chi connectivity index (χ1) is 10.2. The molecule has 0 heterocycles. The molecular formula is C18H13BrO2. The number of alkyl halides is 1. The summed E-state index contributed by atoms with van der Waals surface area (Å²) in [7, 11) is 0. The lowest BCUT2D eigenvalue weighted by molar-refractivity contribution is 0.0897. The Balaban J connectivity index is 1.80. The van der Waals surface area contributed by atoms with Crippen molar-refractivity contribution in [1.82, 2.24) is 0 Å². The summed E-state index contributed by atoms with van der Waals surface area (Å²) in [6.07, 6.45) is 0. The van der Waals surface area contributed by atoms with Gasteiger partial charge in [-0.2, -0.15) is 0 Å². The number of carbonyl (C=O) groups excluding carboxylic acids is 1. The summed E-state index contributed by atoms with van der Waals surface area (Å²) in [5, 5.41) is 1.54. The molecule has 1 atom stereocenters. The number of Topliss-reactive ketones (excluding diaryl/α,β-unsaturated/α-hetero) is 1. The molecule has 3 aromatic rings. The highest BCUT2D eigenvalue weighted by Crippen LogP contribution is 2.23. The van der Waals surface area contributed by atoms with Gasteiger partial charge in [-0.3, -0.25) is 4.79 Å². The topological polar surface area (TPSA) is 26.3 Å². The first kappa shape index (κ1) is 13.8. The second-order valence-corrected chi connectivity index (χ2v) is 5.50. The monoisotopic (exact) mass is 340 g/mol. The van der Waals surface area contributed by atoms with Crippen LogP contribution in [-0.2, 0) is 0 Å². The summed E-state index contributed by atoms with van der Waals surface area (Å²) in [6.45, 7) is 0. The lowest BCUT2D eigenvalue weighted by Gasteiger charge is -2.12. The molecule has 0 bridgehead atoms. The van der Waals surface area contributed by atoms with Crippen LogP contribution in [0.4, 0.5) is 0 Å². The zero-order valence-electron chi connectivity index (χ0n) is 11.2. The maximum absolute atomic E-state index is 12.2. The molecule has 0 aliphatic rings. The van der Waals surface area contributed by atoms with Crippen LogP contribution < -0.4 is 4.74 Å². The van der Waals surface area contributed by atoms with Crippen LogP contribution >= 0.6 is 15.9 Å². The third kappa shape index (κ3) is 3.14. The summed E-state index contributed by atoms with van der Waals surface area (Å²) in [6, 6.07) is 22.9. The van der Waals surface area contributed by atoms with Crippen LogP contribution in [0.25, 0.3) is 10.8 Å². The Kier molecular flexibility index (Phi) is 4.02. The zero-order valence-corrected chi connectivity index (χ0v) is 12.8. The van der Waals surface area contributed by atoms with E-state index in [9.17, 15) is 4.79 Å². The van der Waals surface area contributed by atoms with Gasteiger partial charge in [0.2, 0.25) is 10.8 Å². The van der Waals surface area contributed by atoms with Gasteiger partial charge in [0, 0.05) is 5.56 Å². The van der Waals surface area contributed by atoms with Crippen LogP contribution in [0.3, 0.4) is 0 Å². The van der Waals surface area contributed by atoms with Crippen molar-refractivity contribution < 1.29 is 9.53 Å². The maximum atomic E-state index is 12.2. The number of rotatable bonds is 4. The summed E-state index contributed by atoms with van der Waals surface area (Å²) in [5.74, 6) is 0.573. The quantitative estimate of drug-likeness (QED) is 0.502. The Morgan fingerprint density at radius 2 is 1.52 bits per heavy atom. The number of ether oxygens (including phenoxy) is 1. The van der Waals surface area contributed by atoms with Crippen molar-refractivity contribution in [3.8, 4) is 5.75 Å². The van der Waals surface area contributed by atoms with E-state index in [-0.39, 0.29) is 5.78 Å². The summed E-state index contributed by atoms with van der Waals surface area (Å²) >= 11 is 3.31. The largest absolute Gasteiger partial charge is 0.471 e. The number of hydrogen-bond acceptors (Lipinski definition) is 2. The van der Waals surface area contributed by atoms with E-state index in [4.69, 9.17) is 4.74 Å². The molecule has 0 aliphatic carbocycles. The van der Waals surface area contributed by atoms with Crippen molar-refractivity contribution in [2.24, 2.45) is 0 Å². The van der Waals surface area contributed by atoms with Gasteiger partial charge in [0.05, 0.1) is 0 Å². The first-order valence-corrected chi connectivity index (χ1v) is 7.54. The van der Waals surface area contributed by atoms with Crippen LogP contribution in [0.1, 0.15) is 10.4 Å². The summed E-state index contributed by atoms with van der Waals surface area (Å²) in [4.78, 5) is 12.2. The average molecular weight is 341 g/mol. The minimum atomic E-state index is -0.693. The highest BCUT2D eigenvalue weighted by Gasteiger charge is 2.18. The predicted molar refractivity (Wildman–Crippen MR) is 88.1 cm³/mol. The van der Waals surface area contributed by atoms with Crippen molar-refractivity contribution in [2.75, 3.05) is 0 Å². The van der Waals surface area contributed by atoms with E-state index in [1.54, 1.807) is 12.1 Å². The molecule has 3 rings (SSSR count). The van der Waals surface area contributed by atoms with Gasteiger partial charge >= 0.3 is 0 Å². The maximum Gasteiger partial charge on any atom is 0.215 e. The van der Waals surface area contributed by atoms with Crippen molar-refractivity contribution in [3.05, 3.63) is 78.4 Å². The minimum Gasteiger partial charge on any atom is -0.471 e. The smallest absolute Gasteiger partial charge is 0.215 e. The fourth-order valence-corrected chi connectivity index (χ4v) is 2.63.